The van der Waals surface area contributed by atoms with Gasteiger partial charge in [0.15, 0.2) is 5.11 Å². The molecule has 0 saturated heterocycles. The Kier molecular flexibility index (Phi) is 5.78. The monoisotopic (exact) mass is 217 g/mol. The van der Waals surface area contributed by atoms with E-state index in [-0.39, 0.29) is 11.1 Å². The summed E-state index contributed by atoms with van der Waals surface area (Å²) in [6, 6.07) is 0. The molecule has 0 unspecified atom stereocenters. The quantitative estimate of drug-likeness (QED) is 0.308. The zero-order valence-electron chi connectivity index (χ0n) is 8.53. The predicted molar refractivity (Wildman–Crippen MR) is 58.8 cm³/mol. The number of carbonyl (C=O) groups is 1. The van der Waals surface area contributed by atoms with Crippen molar-refractivity contribution < 1.29 is 9.53 Å². The Balaban J connectivity index is 4.22. The number of nitrogens with one attached hydrogen (secondary N) is 1. The molecule has 0 fully saturated rings. The lowest BCUT2D eigenvalue weighted by Crippen LogP contribution is -2.28. The molecule has 0 heterocycles. The molecular formula is C8H15N3O2S. The van der Waals surface area contributed by atoms with Crippen LogP contribution in [0.15, 0.2) is 5.10 Å². The van der Waals surface area contributed by atoms with Gasteiger partial charge in [0, 0.05) is 5.71 Å². The Bertz CT molecular complexity index is 253. The van der Waals surface area contributed by atoms with E-state index in [0.29, 0.717) is 12.3 Å². The van der Waals surface area contributed by atoms with E-state index in [1.54, 1.807) is 20.8 Å². The Labute approximate surface area is 88.7 Å². The van der Waals surface area contributed by atoms with E-state index >= 15 is 0 Å². The molecule has 0 spiro atoms. The molecule has 0 aliphatic rings. The van der Waals surface area contributed by atoms with Crippen molar-refractivity contribution in [3.05, 3.63) is 0 Å². The van der Waals surface area contributed by atoms with Gasteiger partial charge in [-0.25, -0.2) is 0 Å². The number of rotatable bonds is 4. The number of hydrazone groups is 1. The van der Waals surface area contributed by atoms with Gasteiger partial charge in [-0.05, 0) is 33.0 Å². The molecule has 0 bridgehead atoms. The van der Waals surface area contributed by atoms with Crippen LogP contribution in [0.3, 0.4) is 0 Å². The molecule has 14 heavy (non-hydrogen) atoms. The van der Waals surface area contributed by atoms with Crippen LogP contribution in [0.5, 0.6) is 0 Å². The summed E-state index contributed by atoms with van der Waals surface area (Å²) < 4.78 is 4.82. The molecule has 0 aromatic heterocycles. The second-order valence-electron chi connectivity index (χ2n) is 2.70. The van der Waals surface area contributed by atoms with Gasteiger partial charge < -0.3 is 10.5 Å². The van der Waals surface area contributed by atoms with Gasteiger partial charge in [0.1, 0.15) is 0 Å². The lowest BCUT2D eigenvalue weighted by Gasteiger charge is -2.09. The summed E-state index contributed by atoms with van der Waals surface area (Å²) in [7, 11) is 0. The molecule has 5 nitrogen and oxygen atoms in total. The van der Waals surface area contributed by atoms with Crippen molar-refractivity contribution in [2.24, 2.45) is 16.8 Å². The number of nitrogens with zero attached hydrogens (tertiary/aromatic N) is 1. The van der Waals surface area contributed by atoms with Gasteiger partial charge >= 0.3 is 5.97 Å². The first-order valence-corrected chi connectivity index (χ1v) is 4.66. The minimum atomic E-state index is -0.392. The summed E-state index contributed by atoms with van der Waals surface area (Å²) in [5.41, 5.74) is 8.17. The van der Waals surface area contributed by atoms with Gasteiger partial charge in [-0.15, -0.1) is 0 Å². The van der Waals surface area contributed by atoms with E-state index in [4.69, 9.17) is 10.5 Å². The van der Waals surface area contributed by atoms with Crippen molar-refractivity contribution in [2.45, 2.75) is 20.8 Å². The molecular weight excluding hydrogens is 202 g/mol. The summed E-state index contributed by atoms with van der Waals surface area (Å²) in [6.07, 6.45) is 0. The summed E-state index contributed by atoms with van der Waals surface area (Å²) in [5, 5.41) is 3.90. The number of thiocarbonyl (C=S) groups is 1. The highest BCUT2D eigenvalue weighted by Gasteiger charge is 2.16. The van der Waals surface area contributed by atoms with Crippen LogP contribution in [0.4, 0.5) is 0 Å². The molecule has 1 atom stereocenters. The molecule has 3 N–H and O–H groups in total. The van der Waals surface area contributed by atoms with Crippen LogP contribution in [0.25, 0.3) is 0 Å². The third-order valence-electron chi connectivity index (χ3n) is 1.61. The minimum absolute atomic E-state index is 0.0698. The van der Waals surface area contributed by atoms with Crippen molar-refractivity contribution in [3.8, 4) is 0 Å². The summed E-state index contributed by atoms with van der Waals surface area (Å²) in [4.78, 5) is 11.2. The van der Waals surface area contributed by atoms with E-state index in [1.807, 2.05) is 0 Å². The zero-order chi connectivity index (χ0) is 11.1. The maximum atomic E-state index is 11.2. The van der Waals surface area contributed by atoms with Crippen molar-refractivity contribution in [3.63, 3.8) is 0 Å². The fraction of sp³-hybridized carbons (Fsp3) is 0.625. The van der Waals surface area contributed by atoms with Gasteiger partial charge in [-0.3, -0.25) is 10.2 Å². The van der Waals surface area contributed by atoms with Gasteiger partial charge in [0.25, 0.3) is 0 Å². The Morgan fingerprint density at radius 3 is 2.71 bits per heavy atom. The number of hydrogen-bond acceptors (Lipinski definition) is 4. The van der Waals surface area contributed by atoms with Crippen molar-refractivity contribution in [1.29, 1.82) is 0 Å². The zero-order valence-corrected chi connectivity index (χ0v) is 9.35. The predicted octanol–water partition coefficient (Wildman–Crippen LogP) is 0.395. The molecule has 0 aliphatic carbocycles. The normalized spacial score (nSPS) is 13.2. The van der Waals surface area contributed by atoms with Crippen LogP contribution in [0.2, 0.25) is 0 Å². The van der Waals surface area contributed by atoms with Crippen LogP contribution in [0, 0.1) is 5.92 Å². The molecule has 0 radical (unpaired) electrons. The molecule has 0 aliphatic heterocycles. The lowest BCUT2D eigenvalue weighted by atomic mass is 10.1. The fourth-order valence-corrected chi connectivity index (χ4v) is 0.724. The van der Waals surface area contributed by atoms with E-state index in [9.17, 15) is 4.79 Å². The molecule has 0 rings (SSSR count). The van der Waals surface area contributed by atoms with Crippen LogP contribution >= 0.6 is 12.2 Å². The summed E-state index contributed by atoms with van der Waals surface area (Å²) >= 11 is 4.56. The summed E-state index contributed by atoms with van der Waals surface area (Å²) in [6.45, 7) is 5.52. The van der Waals surface area contributed by atoms with E-state index in [0.717, 1.165) is 0 Å². The number of hydrogen-bond donors (Lipinski definition) is 2. The standard InChI is InChI=1S/C8H15N3O2S/c1-4-13-7(12)5(2)6(3)10-11-8(9)14/h5H,4H2,1-3H3,(H3,9,11,14)/b10-6+/t5-/m0/s1. The maximum Gasteiger partial charge on any atom is 0.314 e. The Morgan fingerprint density at radius 1 is 1.71 bits per heavy atom. The van der Waals surface area contributed by atoms with Gasteiger partial charge in [0.05, 0.1) is 12.5 Å². The highest BCUT2D eigenvalue weighted by Crippen LogP contribution is 2.01. The lowest BCUT2D eigenvalue weighted by molar-refractivity contribution is -0.145. The first-order chi connectivity index (χ1) is 6.49. The number of nitrogens with two attached hydrogens (primary N) is 1. The average molecular weight is 217 g/mol. The van der Waals surface area contributed by atoms with Crippen molar-refractivity contribution in [1.82, 2.24) is 5.43 Å². The van der Waals surface area contributed by atoms with Crippen molar-refractivity contribution >= 4 is 29.0 Å². The van der Waals surface area contributed by atoms with Crippen molar-refractivity contribution in [2.75, 3.05) is 6.61 Å². The van der Waals surface area contributed by atoms with Crippen LogP contribution in [-0.2, 0) is 9.53 Å². The van der Waals surface area contributed by atoms with Gasteiger partial charge in [-0.2, -0.15) is 5.10 Å². The minimum Gasteiger partial charge on any atom is -0.465 e. The third kappa shape index (κ3) is 4.76. The van der Waals surface area contributed by atoms with Crippen LogP contribution < -0.4 is 11.2 Å². The smallest absolute Gasteiger partial charge is 0.314 e. The fourth-order valence-electron chi connectivity index (χ4n) is 0.678. The second-order valence-corrected chi connectivity index (χ2v) is 3.14. The second kappa shape index (κ2) is 6.31. The van der Waals surface area contributed by atoms with Crippen LogP contribution in [0.1, 0.15) is 20.8 Å². The number of esters is 1. The first-order valence-electron chi connectivity index (χ1n) is 4.25. The molecule has 0 aromatic carbocycles. The number of ether oxygens (including phenoxy) is 1. The topological polar surface area (TPSA) is 76.7 Å². The SMILES string of the molecule is CCOC(=O)[C@@H](C)/C(C)=N/NC(N)=S. The average Bonchev–Trinajstić information content (AvgIpc) is 2.13. The van der Waals surface area contributed by atoms with E-state index in [2.05, 4.69) is 22.7 Å². The molecule has 80 valence electrons. The highest BCUT2D eigenvalue weighted by molar-refractivity contribution is 7.80. The van der Waals surface area contributed by atoms with Crippen LogP contribution in [-0.4, -0.2) is 23.4 Å². The van der Waals surface area contributed by atoms with Gasteiger partial charge in [0.2, 0.25) is 0 Å². The molecule has 0 aromatic rings. The first kappa shape index (κ1) is 12.8. The third-order valence-corrected chi connectivity index (χ3v) is 1.70. The van der Waals surface area contributed by atoms with E-state index < -0.39 is 5.92 Å². The largest absolute Gasteiger partial charge is 0.465 e. The number of carbonyl (C=O) groups excluding carboxylic acids is 1. The van der Waals surface area contributed by atoms with E-state index in [1.165, 1.54) is 0 Å². The highest BCUT2D eigenvalue weighted by atomic mass is 32.1. The molecule has 0 amide bonds. The van der Waals surface area contributed by atoms with Gasteiger partial charge in [-0.1, -0.05) is 0 Å². The summed E-state index contributed by atoms with van der Waals surface area (Å²) in [5.74, 6) is -0.699. The Morgan fingerprint density at radius 2 is 2.29 bits per heavy atom. The molecule has 6 heteroatoms. The molecule has 0 saturated carbocycles. The Hall–Kier alpha value is -1.17. The maximum absolute atomic E-state index is 11.2.